The van der Waals surface area contributed by atoms with Crippen molar-refractivity contribution in [3.8, 4) is 0 Å². The maximum Gasteiger partial charge on any atom is 0.261 e. The Bertz CT molecular complexity index is 1130. The van der Waals surface area contributed by atoms with Crippen LogP contribution in [-0.4, -0.2) is 14.3 Å². The van der Waals surface area contributed by atoms with Crippen LogP contribution in [0, 0.1) is 6.92 Å². The van der Waals surface area contributed by atoms with Crippen molar-refractivity contribution in [2.24, 2.45) is 0 Å². The highest BCUT2D eigenvalue weighted by Gasteiger charge is 2.17. The van der Waals surface area contributed by atoms with E-state index in [1.807, 2.05) is 6.92 Å². The van der Waals surface area contributed by atoms with Gasteiger partial charge in [-0.25, -0.2) is 8.42 Å². The molecule has 0 spiro atoms. The average molecular weight is 435 g/mol. The summed E-state index contributed by atoms with van der Waals surface area (Å²) in [6, 6.07) is 17.5. The smallest absolute Gasteiger partial charge is 0.261 e. The molecule has 0 aliphatic rings. The summed E-state index contributed by atoms with van der Waals surface area (Å²) in [4.78, 5) is 12.5. The van der Waals surface area contributed by atoms with Crippen LogP contribution < -0.4 is 10.0 Å². The molecule has 0 aromatic heterocycles. The zero-order valence-electron chi connectivity index (χ0n) is 14.7. The number of carbonyl (C=O) groups is 1. The van der Waals surface area contributed by atoms with Crippen molar-refractivity contribution in [1.29, 1.82) is 0 Å². The van der Waals surface area contributed by atoms with Crippen LogP contribution in [0.25, 0.3) is 0 Å². The molecular weight excluding hydrogens is 419 g/mol. The lowest BCUT2D eigenvalue weighted by Crippen LogP contribution is -2.15. The van der Waals surface area contributed by atoms with Gasteiger partial charge in [-0.1, -0.05) is 47.0 Å². The number of amides is 1. The topological polar surface area (TPSA) is 75.3 Å². The Morgan fingerprint density at radius 3 is 2.29 bits per heavy atom. The van der Waals surface area contributed by atoms with E-state index in [4.69, 9.17) is 23.2 Å². The monoisotopic (exact) mass is 434 g/mol. The van der Waals surface area contributed by atoms with Crippen molar-refractivity contribution >= 4 is 50.5 Å². The summed E-state index contributed by atoms with van der Waals surface area (Å²) in [5.74, 6) is -0.392. The van der Waals surface area contributed by atoms with Gasteiger partial charge in [-0.05, 0) is 55.5 Å². The van der Waals surface area contributed by atoms with E-state index in [0.29, 0.717) is 10.7 Å². The summed E-state index contributed by atoms with van der Waals surface area (Å²) in [5.41, 5.74) is 1.95. The fraction of sp³-hybridized carbons (Fsp3) is 0.0500. The van der Waals surface area contributed by atoms with E-state index in [9.17, 15) is 13.2 Å². The lowest BCUT2D eigenvalue weighted by Gasteiger charge is -2.11. The minimum absolute atomic E-state index is 0.106. The highest BCUT2D eigenvalue weighted by molar-refractivity contribution is 7.92. The van der Waals surface area contributed by atoms with Crippen LogP contribution >= 0.6 is 23.2 Å². The Morgan fingerprint density at radius 2 is 1.64 bits per heavy atom. The van der Waals surface area contributed by atoms with Crippen LogP contribution in [0.5, 0.6) is 0 Å². The number of benzene rings is 3. The predicted molar refractivity (Wildman–Crippen MR) is 113 cm³/mol. The number of halogens is 2. The van der Waals surface area contributed by atoms with Crippen molar-refractivity contribution in [3.63, 3.8) is 0 Å². The third kappa shape index (κ3) is 4.84. The van der Waals surface area contributed by atoms with E-state index >= 15 is 0 Å². The van der Waals surface area contributed by atoms with Crippen LogP contribution in [0.3, 0.4) is 0 Å². The van der Waals surface area contributed by atoms with Crippen LogP contribution in [0.15, 0.2) is 71.6 Å². The first kappa shape index (κ1) is 20.2. The lowest BCUT2D eigenvalue weighted by atomic mass is 10.2. The molecule has 0 fully saturated rings. The molecule has 0 heterocycles. The number of carbonyl (C=O) groups excluding carboxylic acids is 1. The molecule has 0 aliphatic carbocycles. The Hall–Kier alpha value is -2.54. The van der Waals surface area contributed by atoms with Gasteiger partial charge in [0.1, 0.15) is 0 Å². The molecule has 144 valence electrons. The van der Waals surface area contributed by atoms with Gasteiger partial charge in [-0.15, -0.1) is 0 Å². The van der Waals surface area contributed by atoms with Crippen LogP contribution in [-0.2, 0) is 10.0 Å². The number of anilines is 2. The van der Waals surface area contributed by atoms with Crippen LogP contribution in [0.1, 0.15) is 15.9 Å². The van der Waals surface area contributed by atoms with Gasteiger partial charge in [-0.3, -0.25) is 9.52 Å². The molecule has 3 aromatic carbocycles. The van der Waals surface area contributed by atoms with Crippen molar-refractivity contribution in [3.05, 3.63) is 87.9 Å². The van der Waals surface area contributed by atoms with Gasteiger partial charge >= 0.3 is 0 Å². The van der Waals surface area contributed by atoms with E-state index in [0.717, 1.165) is 5.56 Å². The molecule has 3 aromatic rings. The third-order valence-electron chi connectivity index (χ3n) is 3.89. The normalized spacial score (nSPS) is 11.1. The van der Waals surface area contributed by atoms with E-state index in [-0.39, 0.29) is 21.2 Å². The Morgan fingerprint density at radius 1 is 0.929 bits per heavy atom. The van der Waals surface area contributed by atoms with E-state index < -0.39 is 15.9 Å². The van der Waals surface area contributed by atoms with Gasteiger partial charge in [0.2, 0.25) is 0 Å². The van der Waals surface area contributed by atoms with Gasteiger partial charge in [0.25, 0.3) is 15.9 Å². The number of aryl methyl sites for hydroxylation is 1. The number of sulfonamides is 1. The molecule has 0 aliphatic heterocycles. The summed E-state index contributed by atoms with van der Waals surface area (Å²) < 4.78 is 27.4. The second kappa shape index (κ2) is 8.22. The molecule has 0 saturated heterocycles. The third-order valence-corrected chi connectivity index (χ3v) is 5.82. The number of rotatable bonds is 5. The van der Waals surface area contributed by atoms with Gasteiger partial charge in [0.05, 0.1) is 15.6 Å². The van der Waals surface area contributed by atoms with Gasteiger partial charge in [-0.2, -0.15) is 0 Å². The summed E-state index contributed by atoms with van der Waals surface area (Å²) in [6.45, 7) is 1.87. The fourth-order valence-electron chi connectivity index (χ4n) is 2.43. The van der Waals surface area contributed by atoms with Gasteiger partial charge < -0.3 is 5.32 Å². The Kier molecular flexibility index (Phi) is 5.93. The quantitative estimate of drug-likeness (QED) is 0.567. The first-order valence-electron chi connectivity index (χ1n) is 8.20. The van der Waals surface area contributed by atoms with Crippen LogP contribution in [0.4, 0.5) is 11.4 Å². The molecule has 0 bridgehead atoms. The van der Waals surface area contributed by atoms with E-state index in [2.05, 4.69) is 10.0 Å². The Balaban J connectivity index is 1.78. The summed E-state index contributed by atoms with van der Waals surface area (Å²) >= 11 is 12.1. The van der Waals surface area contributed by atoms with Gasteiger partial charge in [0.15, 0.2) is 0 Å². The maximum absolute atomic E-state index is 12.5. The molecule has 28 heavy (non-hydrogen) atoms. The molecule has 1 amide bonds. The minimum atomic E-state index is -3.79. The Labute approximate surface area is 173 Å². The molecule has 0 saturated carbocycles. The number of nitrogens with one attached hydrogen (secondary N) is 2. The second-order valence-electron chi connectivity index (χ2n) is 6.08. The highest BCUT2D eigenvalue weighted by atomic mass is 35.5. The van der Waals surface area contributed by atoms with E-state index in [1.54, 1.807) is 36.4 Å². The van der Waals surface area contributed by atoms with Crippen molar-refractivity contribution in [2.45, 2.75) is 11.8 Å². The SMILES string of the molecule is Cc1ccc(S(=O)(=O)Nc2ccc(C(=O)Nc3cccc(Cl)c3)cc2Cl)cc1. The largest absolute Gasteiger partial charge is 0.322 e. The molecule has 0 atom stereocenters. The molecule has 3 rings (SSSR count). The zero-order chi connectivity index (χ0) is 20.3. The lowest BCUT2D eigenvalue weighted by molar-refractivity contribution is 0.102. The van der Waals surface area contributed by atoms with Gasteiger partial charge in [0, 0.05) is 16.3 Å². The van der Waals surface area contributed by atoms with Crippen molar-refractivity contribution in [1.82, 2.24) is 0 Å². The molecule has 0 radical (unpaired) electrons. The molecule has 8 heteroatoms. The predicted octanol–water partition coefficient (Wildman–Crippen LogP) is 5.35. The van der Waals surface area contributed by atoms with Crippen LogP contribution in [0.2, 0.25) is 10.0 Å². The number of hydrogen-bond donors (Lipinski definition) is 2. The first-order valence-corrected chi connectivity index (χ1v) is 10.4. The summed E-state index contributed by atoms with van der Waals surface area (Å²) in [6.07, 6.45) is 0. The molecular formula is C20H16Cl2N2O3S. The highest BCUT2D eigenvalue weighted by Crippen LogP contribution is 2.26. The molecule has 2 N–H and O–H groups in total. The fourth-order valence-corrected chi connectivity index (χ4v) is 3.98. The second-order valence-corrected chi connectivity index (χ2v) is 8.60. The van der Waals surface area contributed by atoms with Crippen molar-refractivity contribution < 1.29 is 13.2 Å². The molecule has 5 nitrogen and oxygen atoms in total. The van der Waals surface area contributed by atoms with E-state index in [1.165, 1.54) is 30.3 Å². The number of hydrogen-bond acceptors (Lipinski definition) is 3. The zero-order valence-corrected chi connectivity index (χ0v) is 17.1. The average Bonchev–Trinajstić information content (AvgIpc) is 2.63. The minimum Gasteiger partial charge on any atom is -0.322 e. The standard InChI is InChI=1S/C20H16Cl2N2O3S/c1-13-5-8-17(9-6-13)28(26,27)24-19-10-7-14(11-18(19)22)20(25)23-16-4-2-3-15(21)12-16/h2-12,24H,1H3,(H,23,25). The van der Waals surface area contributed by atoms with Crippen molar-refractivity contribution in [2.75, 3.05) is 10.0 Å². The summed E-state index contributed by atoms with van der Waals surface area (Å²) in [7, 11) is -3.79. The summed E-state index contributed by atoms with van der Waals surface area (Å²) in [5, 5.41) is 3.31. The first-order chi connectivity index (χ1) is 13.2. The molecule has 0 unspecified atom stereocenters. The maximum atomic E-state index is 12.5.